The lowest BCUT2D eigenvalue weighted by Crippen LogP contribution is -2.08. The van der Waals surface area contributed by atoms with Crippen molar-refractivity contribution in [2.45, 2.75) is 0 Å². The molecule has 0 bridgehead atoms. The molecule has 0 saturated carbocycles. The zero-order valence-corrected chi connectivity index (χ0v) is 7.27. The number of hydrogen-bond donors (Lipinski definition) is 1. The number of hydrogen-bond acceptors (Lipinski definition) is 3. The first kappa shape index (κ1) is 8.62. The SMILES string of the molecule is O=C(O)COc1cc2ccccc2o1. The first-order chi connectivity index (χ1) is 6.75. The lowest BCUT2D eigenvalue weighted by Gasteiger charge is -1.95. The molecule has 0 atom stereocenters. The summed E-state index contributed by atoms with van der Waals surface area (Å²) in [7, 11) is 0. The van der Waals surface area contributed by atoms with E-state index in [9.17, 15) is 4.79 Å². The molecule has 0 aliphatic carbocycles. The van der Waals surface area contributed by atoms with Gasteiger partial charge in [0.1, 0.15) is 5.58 Å². The number of ether oxygens (including phenoxy) is 1. The number of carboxylic acid groups (broad SMARTS) is 1. The summed E-state index contributed by atoms with van der Waals surface area (Å²) < 4.78 is 10.1. The monoisotopic (exact) mass is 192 g/mol. The fourth-order valence-electron chi connectivity index (χ4n) is 1.16. The Hall–Kier alpha value is -1.97. The summed E-state index contributed by atoms with van der Waals surface area (Å²) in [5.74, 6) is -0.793. The molecular weight excluding hydrogens is 184 g/mol. The Balaban J connectivity index is 2.22. The largest absolute Gasteiger partial charge is 0.479 e. The van der Waals surface area contributed by atoms with Gasteiger partial charge >= 0.3 is 5.97 Å². The minimum atomic E-state index is -1.02. The van der Waals surface area contributed by atoms with Crippen LogP contribution in [0.1, 0.15) is 0 Å². The number of rotatable bonds is 3. The summed E-state index contributed by atoms with van der Waals surface area (Å²) in [6.45, 7) is -0.389. The number of para-hydroxylation sites is 1. The standard InChI is InChI=1S/C10H8O4/c11-9(12)6-13-10-5-7-3-1-2-4-8(7)14-10/h1-5H,6H2,(H,11,12). The van der Waals surface area contributed by atoms with Crippen LogP contribution >= 0.6 is 0 Å². The number of carboxylic acids is 1. The molecule has 1 heterocycles. The molecule has 0 unspecified atom stereocenters. The van der Waals surface area contributed by atoms with Crippen LogP contribution in [0.25, 0.3) is 11.0 Å². The summed E-state index contributed by atoms with van der Waals surface area (Å²) in [4.78, 5) is 10.2. The van der Waals surface area contributed by atoms with Gasteiger partial charge in [-0.05, 0) is 6.07 Å². The van der Waals surface area contributed by atoms with Crippen molar-refractivity contribution in [2.24, 2.45) is 0 Å². The molecule has 0 saturated heterocycles. The van der Waals surface area contributed by atoms with Crippen molar-refractivity contribution >= 4 is 16.9 Å². The van der Waals surface area contributed by atoms with Crippen LogP contribution in [0.2, 0.25) is 0 Å². The summed E-state index contributed by atoms with van der Waals surface area (Å²) in [5.41, 5.74) is 0.688. The van der Waals surface area contributed by atoms with Crippen molar-refractivity contribution in [3.63, 3.8) is 0 Å². The van der Waals surface area contributed by atoms with Gasteiger partial charge in [-0.1, -0.05) is 18.2 Å². The summed E-state index contributed by atoms with van der Waals surface area (Å²) in [5, 5.41) is 9.28. The summed E-state index contributed by atoms with van der Waals surface area (Å²) in [6, 6.07) is 9.04. The zero-order valence-electron chi connectivity index (χ0n) is 7.27. The average Bonchev–Trinajstić information content (AvgIpc) is 2.57. The van der Waals surface area contributed by atoms with Gasteiger partial charge in [-0.3, -0.25) is 0 Å². The highest BCUT2D eigenvalue weighted by Gasteiger charge is 2.05. The fourth-order valence-corrected chi connectivity index (χ4v) is 1.16. The van der Waals surface area contributed by atoms with Crippen LogP contribution in [-0.4, -0.2) is 17.7 Å². The van der Waals surface area contributed by atoms with E-state index >= 15 is 0 Å². The Bertz CT molecular complexity index is 425. The van der Waals surface area contributed by atoms with Crippen LogP contribution < -0.4 is 4.74 Å². The maximum atomic E-state index is 10.2. The maximum absolute atomic E-state index is 10.2. The highest BCUT2D eigenvalue weighted by atomic mass is 16.6. The molecule has 14 heavy (non-hydrogen) atoms. The summed E-state index contributed by atoms with van der Waals surface area (Å²) >= 11 is 0. The van der Waals surface area contributed by atoms with Crippen LogP contribution in [0.4, 0.5) is 0 Å². The van der Waals surface area contributed by atoms with Gasteiger partial charge in [0.05, 0.1) is 0 Å². The molecule has 4 heteroatoms. The van der Waals surface area contributed by atoms with E-state index in [0.29, 0.717) is 5.58 Å². The Morgan fingerprint density at radius 3 is 2.93 bits per heavy atom. The van der Waals surface area contributed by atoms with E-state index in [4.69, 9.17) is 14.3 Å². The minimum absolute atomic E-state index is 0.230. The van der Waals surface area contributed by atoms with Crippen LogP contribution in [0.3, 0.4) is 0 Å². The minimum Gasteiger partial charge on any atom is -0.479 e. The number of carbonyl (C=O) groups is 1. The number of furan rings is 1. The second-order valence-corrected chi connectivity index (χ2v) is 2.79. The average molecular weight is 192 g/mol. The quantitative estimate of drug-likeness (QED) is 0.806. The Labute approximate surface area is 79.7 Å². The third-order valence-corrected chi connectivity index (χ3v) is 1.74. The lowest BCUT2D eigenvalue weighted by molar-refractivity contribution is -0.139. The molecule has 0 spiro atoms. The van der Waals surface area contributed by atoms with Gasteiger partial charge in [-0.15, -0.1) is 0 Å². The van der Waals surface area contributed by atoms with Gasteiger partial charge in [0.15, 0.2) is 6.61 Å². The van der Waals surface area contributed by atoms with E-state index < -0.39 is 5.97 Å². The highest BCUT2D eigenvalue weighted by molar-refractivity contribution is 5.78. The second-order valence-electron chi connectivity index (χ2n) is 2.79. The Morgan fingerprint density at radius 1 is 1.43 bits per heavy atom. The summed E-state index contributed by atoms with van der Waals surface area (Å²) in [6.07, 6.45) is 0. The predicted molar refractivity (Wildman–Crippen MR) is 49.3 cm³/mol. The van der Waals surface area contributed by atoms with Crippen molar-refractivity contribution < 1.29 is 19.1 Å². The fraction of sp³-hybridized carbons (Fsp3) is 0.100. The number of benzene rings is 1. The first-order valence-electron chi connectivity index (χ1n) is 4.09. The molecule has 0 fully saturated rings. The number of aliphatic carboxylic acids is 1. The van der Waals surface area contributed by atoms with Crippen LogP contribution in [0, 0.1) is 0 Å². The van der Waals surface area contributed by atoms with E-state index in [1.165, 1.54) is 0 Å². The van der Waals surface area contributed by atoms with Gasteiger partial charge in [-0.25, -0.2) is 4.79 Å². The molecule has 1 aromatic carbocycles. The van der Waals surface area contributed by atoms with E-state index in [1.807, 2.05) is 18.2 Å². The molecule has 2 rings (SSSR count). The topological polar surface area (TPSA) is 59.7 Å². The smallest absolute Gasteiger partial charge is 0.341 e. The molecule has 0 aliphatic rings. The van der Waals surface area contributed by atoms with E-state index in [2.05, 4.69) is 0 Å². The normalized spacial score (nSPS) is 10.3. The molecular formula is C10H8O4. The van der Waals surface area contributed by atoms with E-state index in [-0.39, 0.29) is 12.6 Å². The van der Waals surface area contributed by atoms with Crippen molar-refractivity contribution in [1.29, 1.82) is 0 Å². The molecule has 0 aliphatic heterocycles. The maximum Gasteiger partial charge on any atom is 0.341 e. The third-order valence-electron chi connectivity index (χ3n) is 1.74. The van der Waals surface area contributed by atoms with Gasteiger partial charge in [0, 0.05) is 11.5 Å². The first-order valence-corrected chi connectivity index (χ1v) is 4.09. The van der Waals surface area contributed by atoms with Gasteiger partial charge < -0.3 is 14.3 Å². The third kappa shape index (κ3) is 1.69. The molecule has 72 valence electrons. The van der Waals surface area contributed by atoms with E-state index in [1.54, 1.807) is 12.1 Å². The van der Waals surface area contributed by atoms with Gasteiger partial charge in [-0.2, -0.15) is 0 Å². The molecule has 4 nitrogen and oxygen atoms in total. The zero-order chi connectivity index (χ0) is 9.97. The van der Waals surface area contributed by atoms with Crippen molar-refractivity contribution in [1.82, 2.24) is 0 Å². The molecule has 0 amide bonds. The van der Waals surface area contributed by atoms with Crippen molar-refractivity contribution in [3.05, 3.63) is 30.3 Å². The van der Waals surface area contributed by atoms with E-state index in [0.717, 1.165) is 5.39 Å². The van der Waals surface area contributed by atoms with Gasteiger partial charge in [0.25, 0.3) is 5.95 Å². The molecule has 0 radical (unpaired) electrons. The van der Waals surface area contributed by atoms with Crippen LogP contribution in [0.5, 0.6) is 5.95 Å². The van der Waals surface area contributed by atoms with Crippen LogP contribution in [0.15, 0.2) is 34.7 Å². The highest BCUT2D eigenvalue weighted by Crippen LogP contribution is 2.24. The van der Waals surface area contributed by atoms with Crippen LogP contribution in [-0.2, 0) is 4.79 Å². The molecule has 2 aromatic rings. The van der Waals surface area contributed by atoms with Crippen molar-refractivity contribution in [3.8, 4) is 5.95 Å². The lowest BCUT2D eigenvalue weighted by atomic mass is 10.3. The molecule has 1 aromatic heterocycles. The van der Waals surface area contributed by atoms with Crippen molar-refractivity contribution in [2.75, 3.05) is 6.61 Å². The Morgan fingerprint density at radius 2 is 2.21 bits per heavy atom. The predicted octanol–water partition coefficient (Wildman–Crippen LogP) is 1.90. The Kier molecular flexibility index (Phi) is 2.10. The second kappa shape index (κ2) is 3.41. The number of fused-ring (bicyclic) bond motifs is 1. The van der Waals surface area contributed by atoms with Gasteiger partial charge in [0.2, 0.25) is 0 Å². The molecule has 1 N–H and O–H groups in total.